The van der Waals surface area contributed by atoms with Crippen LogP contribution in [0.5, 0.6) is 0 Å². The smallest absolute Gasteiger partial charge is 0.152 e. The molecule has 168 valence electrons. The number of halogens is 4. The largest absolute Gasteiger partial charge is 0.347 e. The van der Waals surface area contributed by atoms with E-state index in [-0.39, 0.29) is 0 Å². The van der Waals surface area contributed by atoms with E-state index in [0.717, 1.165) is 80.4 Å². The third-order valence-electron chi connectivity index (χ3n) is 5.07. The van der Waals surface area contributed by atoms with E-state index >= 15 is 0 Å². The van der Waals surface area contributed by atoms with Crippen molar-refractivity contribution >= 4 is 89.4 Å². The number of aromatic nitrogens is 2. The second-order valence-corrected chi connectivity index (χ2v) is 9.79. The van der Waals surface area contributed by atoms with Gasteiger partial charge in [0, 0.05) is 79.1 Å². The highest BCUT2D eigenvalue weighted by molar-refractivity contribution is 9.10. The fourth-order valence-corrected chi connectivity index (χ4v) is 4.57. The molecule has 32 heavy (non-hydrogen) atoms. The predicted octanol–water partition coefficient (Wildman–Crippen LogP) is 7.69. The summed E-state index contributed by atoms with van der Waals surface area (Å²) >= 11 is 18.2. The van der Waals surface area contributed by atoms with Gasteiger partial charge in [-0.3, -0.25) is 9.59 Å². The van der Waals surface area contributed by atoms with Crippen LogP contribution in [0.1, 0.15) is 33.6 Å². The van der Waals surface area contributed by atoms with E-state index in [1.54, 1.807) is 0 Å². The normalized spacial score (nSPS) is 10.9. The van der Waals surface area contributed by atoms with Crippen LogP contribution >= 0.6 is 55.1 Å². The number of hydrogen-bond donors (Lipinski definition) is 0. The van der Waals surface area contributed by atoms with Crippen molar-refractivity contribution in [1.29, 1.82) is 0 Å². The lowest BCUT2D eigenvalue weighted by molar-refractivity contribution is 0.111. The Morgan fingerprint density at radius 2 is 1.12 bits per heavy atom. The van der Waals surface area contributed by atoms with Gasteiger partial charge in [-0.25, -0.2) is 0 Å². The maximum atomic E-state index is 11.0. The van der Waals surface area contributed by atoms with Gasteiger partial charge in [0.15, 0.2) is 12.6 Å². The number of benzene rings is 2. The molecule has 8 heteroatoms. The van der Waals surface area contributed by atoms with E-state index in [1.807, 2.05) is 48.8 Å². The summed E-state index contributed by atoms with van der Waals surface area (Å²) in [5, 5.41) is 1.97. The molecule has 4 rings (SSSR count). The maximum absolute atomic E-state index is 11.0. The molecular formula is C24H22Br2Cl2N2O2. The first-order chi connectivity index (χ1) is 15.5. The summed E-state index contributed by atoms with van der Waals surface area (Å²) in [7, 11) is 0. The maximum Gasteiger partial charge on any atom is 0.152 e. The molecule has 2 aromatic heterocycles. The first-order valence-electron chi connectivity index (χ1n) is 10.1. The molecule has 4 aromatic rings. The van der Waals surface area contributed by atoms with E-state index in [9.17, 15) is 9.59 Å². The molecule has 0 unspecified atom stereocenters. The summed E-state index contributed by atoms with van der Waals surface area (Å²) in [5.74, 6) is 1.26. The van der Waals surface area contributed by atoms with Gasteiger partial charge in [-0.1, -0.05) is 31.9 Å². The monoisotopic (exact) mass is 598 g/mol. The van der Waals surface area contributed by atoms with Crippen molar-refractivity contribution in [2.75, 3.05) is 11.8 Å². The number of alkyl halides is 2. The standard InChI is InChI=1S/2C12H11BrClNO/c2*13-10-2-3-12-11(6-10)9(8-16)7-15(12)5-1-4-14/h2*2-3,6-8H,1,4-5H2. The lowest BCUT2D eigenvalue weighted by Gasteiger charge is -2.02. The van der Waals surface area contributed by atoms with Gasteiger partial charge in [0.2, 0.25) is 0 Å². The molecule has 0 spiro atoms. The fourth-order valence-electron chi connectivity index (χ4n) is 3.61. The summed E-state index contributed by atoms with van der Waals surface area (Å²) in [4.78, 5) is 21.9. The van der Waals surface area contributed by atoms with Gasteiger partial charge in [0.1, 0.15) is 0 Å². The lowest BCUT2D eigenvalue weighted by Crippen LogP contribution is -1.96. The molecule has 0 aliphatic heterocycles. The first kappa shape index (κ1) is 25.0. The molecule has 4 nitrogen and oxygen atoms in total. The number of carbonyl (C=O) groups excluding carboxylic acids is 2. The van der Waals surface area contributed by atoms with Gasteiger partial charge < -0.3 is 9.13 Å². The number of aldehydes is 2. The molecule has 0 aliphatic rings. The van der Waals surface area contributed by atoms with Crippen molar-refractivity contribution in [2.45, 2.75) is 25.9 Å². The summed E-state index contributed by atoms with van der Waals surface area (Å²) in [6.45, 7) is 1.69. The van der Waals surface area contributed by atoms with Crippen LogP contribution in [0.3, 0.4) is 0 Å². The van der Waals surface area contributed by atoms with Gasteiger partial charge in [0.05, 0.1) is 0 Å². The summed E-state index contributed by atoms with van der Waals surface area (Å²) in [6, 6.07) is 11.9. The zero-order valence-corrected chi connectivity index (χ0v) is 21.9. The second-order valence-electron chi connectivity index (χ2n) is 7.20. The number of carbonyl (C=O) groups is 2. The highest BCUT2D eigenvalue weighted by Crippen LogP contribution is 2.25. The molecule has 0 bridgehead atoms. The van der Waals surface area contributed by atoms with Crippen molar-refractivity contribution in [2.24, 2.45) is 0 Å². The van der Waals surface area contributed by atoms with Crippen LogP contribution in [0.15, 0.2) is 57.7 Å². The zero-order valence-electron chi connectivity index (χ0n) is 17.2. The Bertz CT molecular complexity index is 1140. The first-order valence-corrected chi connectivity index (χ1v) is 12.8. The topological polar surface area (TPSA) is 44.0 Å². The molecule has 0 atom stereocenters. The molecule has 2 heterocycles. The highest BCUT2D eigenvalue weighted by atomic mass is 79.9. The minimum absolute atomic E-state index is 0.632. The molecule has 0 saturated heterocycles. The number of fused-ring (bicyclic) bond motifs is 2. The van der Waals surface area contributed by atoms with Crippen LogP contribution < -0.4 is 0 Å². The van der Waals surface area contributed by atoms with Crippen LogP contribution in [0.25, 0.3) is 21.8 Å². The Balaban J connectivity index is 0.000000181. The van der Waals surface area contributed by atoms with Crippen molar-refractivity contribution in [1.82, 2.24) is 9.13 Å². The van der Waals surface area contributed by atoms with Crippen molar-refractivity contribution in [3.8, 4) is 0 Å². The SMILES string of the molecule is O=Cc1cn(CCCCl)c2ccc(Br)cc12.O=Cc1cn(CCCCl)c2ccc(Br)cc12. The molecule has 0 radical (unpaired) electrons. The lowest BCUT2D eigenvalue weighted by atomic mass is 10.2. The second kappa shape index (κ2) is 12.0. The average Bonchev–Trinajstić information content (AvgIpc) is 3.33. The number of rotatable bonds is 8. The molecule has 0 saturated carbocycles. The van der Waals surface area contributed by atoms with Gasteiger partial charge >= 0.3 is 0 Å². The molecule has 0 aliphatic carbocycles. The average molecular weight is 601 g/mol. The van der Waals surface area contributed by atoms with Gasteiger partial charge in [-0.05, 0) is 49.2 Å². The third-order valence-corrected chi connectivity index (χ3v) is 6.59. The van der Waals surface area contributed by atoms with Crippen LogP contribution in [0, 0.1) is 0 Å². The van der Waals surface area contributed by atoms with E-state index in [4.69, 9.17) is 23.2 Å². The van der Waals surface area contributed by atoms with Gasteiger partial charge in [-0.2, -0.15) is 0 Å². The summed E-state index contributed by atoms with van der Waals surface area (Å²) < 4.78 is 6.12. The van der Waals surface area contributed by atoms with Crippen LogP contribution in [-0.4, -0.2) is 33.5 Å². The summed E-state index contributed by atoms with van der Waals surface area (Å²) in [6.07, 6.45) is 7.37. The van der Waals surface area contributed by atoms with Gasteiger partial charge in [0.25, 0.3) is 0 Å². The molecule has 0 fully saturated rings. The van der Waals surface area contributed by atoms with E-state index in [0.29, 0.717) is 11.8 Å². The van der Waals surface area contributed by atoms with Gasteiger partial charge in [-0.15, -0.1) is 23.2 Å². The third kappa shape index (κ3) is 5.84. The quantitative estimate of drug-likeness (QED) is 0.154. The predicted molar refractivity (Wildman–Crippen MR) is 141 cm³/mol. The van der Waals surface area contributed by atoms with Crippen LogP contribution in [0.4, 0.5) is 0 Å². The number of aryl methyl sites for hydroxylation is 2. The van der Waals surface area contributed by atoms with Crippen molar-refractivity contribution in [3.05, 3.63) is 68.9 Å². The Hall–Kier alpha value is -1.60. The molecule has 0 amide bonds. The Labute approximate surface area is 213 Å². The summed E-state index contributed by atoms with van der Waals surface area (Å²) in [5.41, 5.74) is 3.61. The van der Waals surface area contributed by atoms with E-state index in [1.165, 1.54) is 0 Å². The minimum atomic E-state index is 0.632. The Morgan fingerprint density at radius 3 is 1.47 bits per heavy atom. The minimum Gasteiger partial charge on any atom is -0.347 e. The van der Waals surface area contributed by atoms with Crippen molar-refractivity contribution in [3.63, 3.8) is 0 Å². The number of hydrogen-bond acceptors (Lipinski definition) is 2. The van der Waals surface area contributed by atoms with Crippen molar-refractivity contribution < 1.29 is 9.59 Å². The Morgan fingerprint density at radius 1 is 0.719 bits per heavy atom. The highest BCUT2D eigenvalue weighted by Gasteiger charge is 2.09. The van der Waals surface area contributed by atoms with Crippen LogP contribution in [0.2, 0.25) is 0 Å². The fraction of sp³-hybridized carbons (Fsp3) is 0.250. The number of nitrogens with zero attached hydrogens (tertiary/aromatic N) is 2. The van der Waals surface area contributed by atoms with Crippen LogP contribution in [-0.2, 0) is 13.1 Å². The van der Waals surface area contributed by atoms with E-state index in [2.05, 4.69) is 41.0 Å². The van der Waals surface area contributed by atoms with E-state index < -0.39 is 0 Å². The molecule has 0 N–H and O–H groups in total. The molecular weight excluding hydrogens is 579 g/mol. The zero-order chi connectivity index (χ0) is 23.1. The molecule has 2 aromatic carbocycles. The Kier molecular flexibility index (Phi) is 9.41.